The third kappa shape index (κ3) is 3.50. The Morgan fingerprint density at radius 2 is 2.00 bits per heavy atom. The van der Waals surface area contributed by atoms with E-state index < -0.39 is 10.0 Å². The molecule has 0 spiro atoms. The fourth-order valence-electron chi connectivity index (χ4n) is 2.86. The van der Waals surface area contributed by atoms with Crippen molar-refractivity contribution in [1.82, 2.24) is 0 Å². The normalized spacial score (nSPS) is 13.6. The molecule has 1 amide bonds. The number of fused-ring (bicyclic) bond motifs is 1. The topological polar surface area (TPSA) is 86.7 Å². The van der Waals surface area contributed by atoms with Crippen molar-refractivity contribution in [3.63, 3.8) is 0 Å². The number of nitrogens with zero attached hydrogens (tertiary/aromatic N) is 1. The Morgan fingerprint density at radius 1 is 1.27 bits per heavy atom. The molecule has 0 saturated carbocycles. The van der Waals surface area contributed by atoms with Gasteiger partial charge in [-0.05, 0) is 35.7 Å². The molecule has 2 aromatic rings. The Kier molecular flexibility index (Phi) is 4.86. The van der Waals surface area contributed by atoms with Crippen LogP contribution >= 0.6 is 11.6 Å². The van der Waals surface area contributed by atoms with Crippen LogP contribution < -0.4 is 9.62 Å². The third-order valence-electron chi connectivity index (χ3n) is 4.00. The molecule has 0 saturated heterocycles. The summed E-state index contributed by atoms with van der Waals surface area (Å²) in [6.07, 6.45) is 0.116. The van der Waals surface area contributed by atoms with Crippen molar-refractivity contribution in [3.8, 4) is 5.75 Å². The van der Waals surface area contributed by atoms with E-state index in [2.05, 4.69) is 5.32 Å². The van der Waals surface area contributed by atoms with E-state index in [1.165, 1.54) is 28.6 Å². The van der Waals surface area contributed by atoms with Gasteiger partial charge in [0, 0.05) is 18.3 Å². The molecular formula is C18H19ClN2O4S. The van der Waals surface area contributed by atoms with Gasteiger partial charge < -0.3 is 10.4 Å². The fraction of sp³-hybridized carbons (Fsp3) is 0.278. The number of aromatic hydroxyl groups is 1. The van der Waals surface area contributed by atoms with Crippen LogP contribution in [0.15, 0.2) is 41.3 Å². The first-order chi connectivity index (χ1) is 12.2. The predicted octanol–water partition coefficient (Wildman–Crippen LogP) is 3.39. The Bertz CT molecular complexity index is 973. The number of carbonyl (C=O) groups excluding carboxylic acids is 1. The minimum absolute atomic E-state index is 0.0266. The molecule has 26 heavy (non-hydrogen) atoms. The second-order valence-electron chi connectivity index (χ2n) is 6.61. The molecule has 1 aliphatic rings. The summed E-state index contributed by atoms with van der Waals surface area (Å²) in [6.45, 7) is 4.02. The summed E-state index contributed by atoms with van der Waals surface area (Å²) in [7, 11) is -3.98. The highest BCUT2D eigenvalue weighted by molar-refractivity contribution is 7.93. The second-order valence-corrected chi connectivity index (χ2v) is 8.85. The Labute approximate surface area is 157 Å². The molecule has 1 heterocycles. The van der Waals surface area contributed by atoms with Gasteiger partial charge in [-0.15, -0.1) is 0 Å². The smallest absolute Gasteiger partial charge is 0.265 e. The number of sulfonamides is 1. The van der Waals surface area contributed by atoms with E-state index in [0.29, 0.717) is 16.9 Å². The molecule has 2 aromatic carbocycles. The molecule has 0 fully saturated rings. The maximum Gasteiger partial charge on any atom is 0.265 e. The van der Waals surface area contributed by atoms with Crippen LogP contribution in [0.2, 0.25) is 5.02 Å². The molecule has 8 heteroatoms. The monoisotopic (exact) mass is 394 g/mol. The van der Waals surface area contributed by atoms with E-state index >= 15 is 0 Å². The lowest BCUT2D eigenvalue weighted by atomic mass is 10.2. The van der Waals surface area contributed by atoms with Gasteiger partial charge >= 0.3 is 0 Å². The molecule has 1 aliphatic heterocycles. The first kappa shape index (κ1) is 18.5. The van der Waals surface area contributed by atoms with Crippen LogP contribution in [0.3, 0.4) is 0 Å². The van der Waals surface area contributed by atoms with Gasteiger partial charge in [0.1, 0.15) is 10.6 Å². The molecule has 0 atom stereocenters. The number of hydrogen-bond donors (Lipinski definition) is 2. The molecule has 0 unspecified atom stereocenters. The van der Waals surface area contributed by atoms with E-state index in [9.17, 15) is 18.3 Å². The number of nitrogens with one attached hydrogen (secondary N) is 1. The second kappa shape index (κ2) is 6.81. The number of anilines is 2. The summed E-state index contributed by atoms with van der Waals surface area (Å²) >= 11 is 6.23. The maximum atomic E-state index is 13.3. The van der Waals surface area contributed by atoms with Gasteiger partial charge in [0.15, 0.2) is 0 Å². The van der Waals surface area contributed by atoms with E-state index in [1.54, 1.807) is 12.1 Å². The SMILES string of the molecule is CC(C)CN(c1cccc(O)c1)S(=O)(=O)c1cc2c(cc1Cl)NC(=O)C2. The average Bonchev–Trinajstić information content (AvgIpc) is 2.90. The summed E-state index contributed by atoms with van der Waals surface area (Å²) in [4.78, 5) is 11.5. The lowest BCUT2D eigenvalue weighted by molar-refractivity contribution is -0.115. The summed E-state index contributed by atoms with van der Waals surface area (Å²) < 4.78 is 27.9. The number of halogens is 1. The minimum Gasteiger partial charge on any atom is -0.508 e. The van der Waals surface area contributed by atoms with Gasteiger partial charge in [0.05, 0.1) is 17.1 Å². The minimum atomic E-state index is -3.98. The molecule has 2 N–H and O–H groups in total. The van der Waals surface area contributed by atoms with E-state index in [1.807, 2.05) is 13.8 Å². The van der Waals surface area contributed by atoms with E-state index in [0.717, 1.165) is 0 Å². The average molecular weight is 395 g/mol. The van der Waals surface area contributed by atoms with Crippen LogP contribution in [0.4, 0.5) is 11.4 Å². The van der Waals surface area contributed by atoms with Gasteiger partial charge in [-0.25, -0.2) is 8.42 Å². The van der Waals surface area contributed by atoms with Crippen molar-refractivity contribution in [2.75, 3.05) is 16.2 Å². The summed E-state index contributed by atoms with van der Waals surface area (Å²) in [5.74, 6) is -0.178. The Hall–Kier alpha value is -2.25. The fourth-order valence-corrected chi connectivity index (χ4v) is 5.04. The van der Waals surface area contributed by atoms with Crippen molar-refractivity contribution in [3.05, 3.63) is 47.0 Å². The number of phenols is 1. The Morgan fingerprint density at radius 3 is 2.65 bits per heavy atom. The first-order valence-corrected chi connectivity index (χ1v) is 9.94. The highest BCUT2D eigenvalue weighted by Crippen LogP contribution is 2.35. The van der Waals surface area contributed by atoms with Crippen LogP contribution in [0, 0.1) is 5.92 Å². The summed E-state index contributed by atoms with van der Waals surface area (Å²) in [6, 6.07) is 8.98. The molecular weight excluding hydrogens is 376 g/mol. The van der Waals surface area contributed by atoms with Crippen LogP contribution in [0.5, 0.6) is 5.75 Å². The largest absolute Gasteiger partial charge is 0.508 e. The van der Waals surface area contributed by atoms with E-state index in [4.69, 9.17) is 11.6 Å². The summed E-state index contributed by atoms with van der Waals surface area (Å²) in [5, 5.41) is 12.4. The Balaban J connectivity index is 2.12. The zero-order chi connectivity index (χ0) is 19.1. The van der Waals surface area contributed by atoms with Crippen molar-refractivity contribution < 1.29 is 18.3 Å². The van der Waals surface area contributed by atoms with Crippen molar-refractivity contribution >= 4 is 38.9 Å². The molecule has 0 aliphatic carbocycles. The molecule has 0 aromatic heterocycles. The van der Waals surface area contributed by atoms with Gasteiger partial charge in [-0.3, -0.25) is 9.10 Å². The number of phenolic OH excluding ortho intramolecular Hbond substituents is 1. The van der Waals surface area contributed by atoms with Gasteiger partial charge in [-0.2, -0.15) is 0 Å². The van der Waals surface area contributed by atoms with Crippen molar-refractivity contribution in [2.45, 2.75) is 25.2 Å². The number of amides is 1. The highest BCUT2D eigenvalue weighted by Gasteiger charge is 2.31. The van der Waals surface area contributed by atoms with Gasteiger partial charge in [0.25, 0.3) is 10.0 Å². The molecule has 6 nitrogen and oxygen atoms in total. The maximum absolute atomic E-state index is 13.3. The summed E-state index contributed by atoms with van der Waals surface area (Å²) in [5.41, 5.74) is 1.48. The first-order valence-electron chi connectivity index (χ1n) is 8.12. The zero-order valence-electron chi connectivity index (χ0n) is 14.4. The van der Waals surface area contributed by atoms with E-state index in [-0.39, 0.29) is 40.5 Å². The van der Waals surface area contributed by atoms with Gasteiger partial charge in [0.2, 0.25) is 5.91 Å². The third-order valence-corrected chi connectivity index (χ3v) is 6.26. The number of rotatable bonds is 5. The molecule has 3 rings (SSSR count). The predicted molar refractivity (Wildman–Crippen MR) is 101 cm³/mol. The lowest BCUT2D eigenvalue weighted by Crippen LogP contribution is -2.34. The van der Waals surface area contributed by atoms with Crippen LogP contribution in [0.25, 0.3) is 0 Å². The zero-order valence-corrected chi connectivity index (χ0v) is 15.9. The standard InChI is InChI=1S/C18H19ClN2O4S/c1-11(2)10-21(13-4-3-5-14(22)8-13)26(24,25)17-6-12-7-18(23)20-16(12)9-15(17)19/h3-6,8-9,11,22H,7,10H2,1-2H3,(H,20,23). The molecule has 138 valence electrons. The molecule has 0 bridgehead atoms. The van der Waals surface area contributed by atoms with Crippen LogP contribution in [0.1, 0.15) is 19.4 Å². The van der Waals surface area contributed by atoms with Crippen LogP contribution in [-0.4, -0.2) is 26.0 Å². The number of benzene rings is 2. The quantitative estimate of drug-likeness (QED) is 0.813. The molecule has 0 radical (unpaired) electrons. The number of carbonyl (C=O) groups is 1. The highest BCUT2D eigenvalue weighted by atomic mass is 35.5. The van der Waals surface area contributed by atoms with Crippen molar-refractivity contribution in [2.24, 2.45) is 5.92 Å². The lowest BCUT2D eigenvalue weighted by Gasteiger charge is -2.27. The van der Waals surface area contributed by atoms with Crippen molar-refractivity contribution in [1.29, 1.82) is 0 Å². The van der Waals surface area contributed by atoms with Crippen LogP contribution in [-0.2, 0) is 21.2 Å². The van der Waals surface area contributed by atoms with Gasteiger partial charge in [-0.1, -0.05) is 31.5 Å². The number of hydrogen-bond acceptors (Lipinski definition) is 4.